The van der Waals surface area contributed by atoms with Crippen LogP contribution in [0.15, 0.2) is 42.5 Å². The fourth-order valence-electron chi connectivity index (χ4n) is 3.86. The number of nitro benzene ring substituents is 1. The van der Waals surface area contributed by atoms with Crippen molar-refractivity contribution in [2.24, 2.45) is 0 Å². The average molecular weight is 503 g/mol. The van der Waals surface area contributed by atoms with Crippen LogP contribution in [0.2, 0.25) is 0 Å². The summed E-state index contributed by atoms with van der Waals surface area (Å²) in [5.41, 5.74) is -0.581. The molecule has 1 N–H and O–H groups in total. The average Bonchev–Trinajstić information content (AvgIpc) is 2.82. The Morgan fingerprint density at radius 1 is 1.17 bits per heavy atom. The van der Waals surface area contributed by atoms with Crippen LogP contribution in [0.4, 0.5) is 24.5 Å². The number of esters is 1. The highest BCUT2D eigenvalue weighted by Gasteiger charge is 2.36. The van der Waals surface area contributed by atoms with Gasteiger partial charge in [0.05, 0.1) is 27.3 Å². The summed E-state index contributed by atoms with van der Waals surface area (Å²) in [4.78, 5) is 40.5. The van der Waals surface area contributed by atoms with Gasteiger partial charge in [0, 0.05) is 23.2 Å². The maximum atomic E-state index is 13.4. The molecule has 0 aliphatic rings. The van der Waals surface area contributed by atoms with Gasteiger partial charge in [-0.05, 0) is 37.5 Å². The summed E-state index contributed by atoms with van der Waals surface area (Å²) >= 11 is 0. The quantitative estimate of drug-likeness (QED) is 0.234. The number of pyridine rings is 1. The monoisotopic (exact) mass is 503 g/mol. The Kier molecular flexibility index (Phi) is 7.91. The molecule has 1 amide bonds. The molecular formula is C25H24F3N3O5. The van der Waals surface area contributed by atoms with Crippen LogP contribution in [0.1, 0.15) is 54.4 Å². The van der Waals surface area contributed by atoms with E-state index in [1.807, 2.05) is 13.8 Å². The maximum absolute atomic E-state index is 13.4. The highest BCUT2D eigenvalue weighted by molar-refractivity contribution is 6.06. The molecule has 190 valence electrons. The summed E-state index contributed by atoms with van der Waals surface area (Å²) in [6.07, 6.45) is -4.51. The zero-order valence-electron chi connectivity index (χ0n) is 19.8. The molecule has 0 unspecified atom stereocenters. The van der Waals surface area contributed by atoms with Gasteiger partial charge >= 0.3 is 12.1 Å². The molecule has 0 radical (unpaired) electrons. The predicted octanol–water partition coefficient (Wildman–Crippen LogP) is 5.86. The van der Waals surface area contributed by atoms with Gasteiger partial charge in [-0.25, -0.2) is 4.79 Å². The van der Waals surface area contributed by atoms with Gasteiger partial charge in [0.2, 0.25) is 0 Å². The molecule has 0 bridgehead atoms. The summed E-state index contributed by atoms with van der Waals surface area (Å²) in [5, 5.41) is 13.5. The first-order chi connectivity index (χ1) is 17.0. The third-order valence-corrected chi connectivity index (χ3v) is 5.55. The van der Waals surface area contributed by atoms with E-state index in [1.54, 1.807) is 24.3 Å². The number of ether oxygens (including phenoxy) is 1. The number of aromatic nitrogens is 1. The van der Waals surface area contributed by atoms with E-state index in [0.717, 1.165) is 24.2 Å². The summed E-state index contributed by atoms with van der Waals surface area (Å²) in [6, 6.07) is 8.95. The highest BCUT2D eigenvalue weighted by atomic mass is 19.4. The minimum absolute atomic E-state index is 0.262. The van der Waals surface area contributed by atoms with Gasteiger partial charge in [0.15, 0.2) is 6.10 Å². The summed E-state index contributed by atoms with van der Waals surface area (Å²) in [6.45, 7) is 5.08. The van der Waals surface area contributed by atoms with E-state index in [2.05, 4.69) is 10.3 Å². The Morgan fingerprint density at radius 3 is 2.47 bits per heavy atom. The third kappa shape index (κ3) is 5.61. The van der Waals surface area contributed by atoms with Crippen molar-refractivity contribution in [3.8, 4) is 0 Å². The van der Waals surface area contributed by atoms with Crippen molar-refractivity contribution in [2.45, 2.75) is 52.3 Å². The molecule has 0 saturated carbocycles. The van der Waals surface area contributed by atoms with E-state index in [-0.39, 0.29) is 5.56 Å². The number of rotatable bonds is 8. The number of hydrogen-bond donors (Lipinski definition) is 1. The number of nitrogens with one attached hydrogen (secondary N) is 1. The van der Waals surface area contributed by atoms with Gasteiger partial charge in [0.25, 0.3) is 11.6 Å². The van der Waals surface area contributed by atoms with Crippen LogP contribution >= 0.6 is 0 Å². The van der Waals surface area contributed by atoms with E-state index < -0.39 is 46.0 Å². The van der Waals surface area contributed by atoms with Crippen molar-refractivity contribution in [2.75, 3.05) is 5.32 Å². The molecule has 0 saturated heterocycles. The lowest BCUT2D eigenvalue weighted by atomic mass is 9.96. The summed E-state index contributed by atoms with van der Waals surface area (Å²) < 4.78 is 45.7. The predicted molar refractivity (Wildman–Crippen MR) is 127 cm³/mol. The Morgan fingerprint density at radius 2 is 1.86 bits per heavy atom. The lowest BCUT2D eigenvalue weighted by Crippen LogP contribution is -2.31. The van der Waals surface area contributed by atoms with E-state index in [1.165, 1.54) is 6.92 Å². The van der Waals surface area contributed by atoms with Crippen molar-refractivity contribution in [1.82, 2.24) is 4.98 Å². The van der Waals surface area contributed by atoms with Crippen LogP contribution in [0, 0.1) is 10.1 Å². The number of carbonyl (C=O) groups excluding carboxylic acids is 2. The number of halogens is 3. The summed E-state index contributed by atoms with van der Waals surface area (Å²) in [5.74, 6) is -1.82. The molecule has 0 aliphatic carbocycles. The molecule has 1 heterocycles. The molecule has 3 aromatic rings. The lowest BCUT2D eigenvalue weighted by Gasteiger charge is -2.19. The number of carbonyl (C=O) groups is 2. The highest BCUT2D eigenvalue weighted by Crippen LogP contribution is 2.37. The minimum Gasteiger partial charge on any atom is -0.449 e. The first-order valence-electron chi connectivity index (χ1n) is 11.3. The number of fused-ring (bicyclic) bond motifs is 1. The summed E-state index contributed by atoms with van der Waals surface area (Å²) in [7, 11) is 0. The third-order valence-electron chi connectivity index (χ3n) is 5.55. The van der Waals surface area contributed by atoms with Gasteiger partial charge in [-0.2, -0.15) is 13.2 Å². The smallest absolute Gasteiger partial charge is 0.418 e. The topological polar surface area (TPSA) is 111 Å². The maximum Gasteiger partial charge on any atom is 0.418 e. The van der Waals surface area contributed by atoms with Crippen LogP contribution in [-0.4, -0.2) is 27.9 Å². The van der Waals surface area contributed by atoms with Crippen molar-refractivity contribution in [3.05, 3.63) is 75.0 Å². The molecule has 2 aromatic carbocycles. The second-order valence-corrected chi connectivity index (χ2v) is 8.05. The normalized spacial score (nSPS) is 12.3. The zero-order chi connectivity index (χ0) is 26.6. The Hall–Kier alpha value is -4.02. The number of non-ortho nitro benzene ring substituents is 1. The number of hydrogen-bond acceptors (Lipinski definition) is 6. The first-order valence-corrected chi connectivity index (χ1v) is 11.3. The standard InChI is InChI=1S/C25H24F3N3O5/c1-4-8-19-16(5-2)22(17-9-6-7-10-20(17)29-19)24(33)36-14(3)23(32)30-21-12-11-15(31(34)35)13-18(21)25(26,27)28/h6-7,9-14H,4-5,8H2,1-3H3,(H,30,32)/t14-/m1/s1. The van der Waals surface area contributed by atoms with Gasteiger partial charge in [-0.1, -0.05) is 38.5 Å². The number of anilines is 1. The molecule has 3 rings (SSSR count). The van der Waals surface area contributed by atoms with Crippen LogP contribution in [-0.2, 0) is 28.5 Å². The number of amides is 1. The molecule has 11 heteroatoms. The van der Waals surface area contributed by atoms with Crippen LogP contribution in [0.25, 0.3) is 10.9 Å². The molecule has 0 fully saturated rings. The lowest BCUT2D eigenvalue weighted by molar-refractivity contribution is -0.385. The van der Waals surface area contributed by atoms with E-state index >= 15 is 0 Å². The van der Waals surface area contributed by atoms with E-state index in [4.69, 9.17) is 4.74 Å². The minimum atomic E-state index is -4.96. The van der Waals surface area contributed by atoms with Crippen molar-refractivity contribution >= 4 is 34.2 Å². The second kappa shape index (κ2) is 10.7. The van der Waals surface area contributed by atoms with Gasteiger partial charge in [-0.15, -0.1) is 0 Å². The van der Waals surface area contributed by atoms with Gasteiger partial charge < -0.3 is 10.1 Å². The number of nitro groups is 1. The molecule has 36 heavy (non-hydrogen) atoms. The van der Waals surface area contributed by atoms with E-state index in [9.17, 15) is 32.9 Å². The van der Waals surface area contributed by atoms with Gasteiger partial charge in [-0.3, -0.25) is 19.9 Å². The molecule has 0 aliphatic heterocycles. The van der Waals surface area contributed by atoms with Crippen molar-refractivity contribution in [3.63, 3.8) is 0 Å². The molecule has 0 spiro atoms. The number of aryl methyl sites for hydroxylation is 1. The molecule has 1 aromatic heterocycles. The molecular weight excluding hydrogens is 479 g/mol. The molecule has 8 nitrogen and oxygen atoms in total. The van der Waals surface area contributed by atoms with Crippen molar-refractivity contribution < 1.29 is 32.4 Å². The second-order valence-electron chi connectivity index (χ2n) is 8.05. The van der Waals surface area contributed by atoms with Crippen LogP contribution < -0.4 is 5.32 Å². The largest absolute Gasteiger partial charge is 0.449 e. The SMILES string of the molecule is CCCc1nc2ccccc2c(C(=O)O[C@H](C)C(=O)Nc2ccc([N+](=O)[O-])cc2C(F)(F)F)c1CC. The number of benzene rings is 2. The zero-order valence-corrected chi connectivity index (χ0v) is 19.8. The van der Waals surface area contributed by atoms with Crippen LogP contribution in [0.3, 0.4) is 0 Å². The van der Waals surface area contributed by atoms with Crippen molar-refractivity contribution in [1.29, 1.82) is 0 Å². The fraction of sp³-hybridized carbons (Fsp3) is 0.320. The van der Waals surface area contributed by atoms with Crippen LogP contribution in [0.5, 0.6) is 0 Å². The Balaban J connectivity index is 1.91. The molecule has 1 atom stereocenters. The first kappa shape index (κ1) is 26.6. The Labute approximate surface area is 204 Å². The Bertz CT molecular complexity index is 1320. The number of para-hydroxylation sites is 1. The number of nitrogens with zero attached hydrogens (tertiary/aromatic N) is 2. The number of alkyl halides is 3. The van der Waals surface area contributed by atoms with E-state index in [0.29, 0.717) is 35.4 Å². The van der Waals surface area contributed by atoms with Gasteiger partial charge in [0.1, 0.15) is 0 Å². The fourth-order valence-corrected chi connectivity index (χ4v) is 3.86.